The van der Waals surface area contributed by atoms with E-state index in [1.807, 2.05) is 35.9 Å². The van der Waals surface area contributed by atoms with Gasteiger partial charge in [-0.05, 0) is 38.0 Å². The van der Waals surface area contributed by atoms with Gasteiger partial charge >= 0.3 is 0 Å². The normalized spacial score (nSPS) is 21.7. The number of pyridine rings is 1. The Labute approximate surface area is 147 Å². The molecule has 4 rings (SSSR count). The molecule has 1 fully saturated rings. The number of aryl methyl sites for hydroxylation is 1. The van der Waals surface area contributed by atoms with Crippen molar-refractivity contribution in [1.82, 2.24) is 19.1 Å². The molecule has 2 aromatic heterocycles. The maximum Gasteiger partial charge on any atom is 0.217 e. The van der Waals surface area contributed by atoms with Gasteiger partial charge in [0.1, 0.15) is 0 Å². The summed E-state index contributed by atoms with van der Waals surface area (Å²) in [7, 11) is -3.26. The van der Waals surface area contributed by atoms with Gasteiger partial charge in [0.25, 0.3) is 0 Å². The van der Waals surface area contributed by atoms with Crippen molar-refractivity contribution >= 4 is 10.0 Å². The number of sulfonamides is 1. The lowest BCUT2D eigenvalue weighted by Gasteiger charge is -2.23. The topological polar surface area (TPSA) is 77.3 Å². The Morgan fingerprint density at radius 1 is 1.24 bits per heavy atom. The zero-order valence-corrected chi connectivity index (χ0v) is 15.0. The molecular formula is C17H22N4O3S. The first kappa shape index (κ1) is 16.7. The van der Waals surface area contributed by atoms with Gasteiger partial charge in [-0.1, -0.05) is 6.07 Å². The number of rotatable bonds is 5. The average Bonchev–Trinajstić information content (AvgIpc) is 3.38. The Kier molecular flexibility index (Phi) is 4.35. The second kappa shape index (κ2) is 6.51. The molecule has 0 saturated heterocycles. The lowest BCUT2D eigenvalue weighted by atomic mass is 10.3. The second-order valence-corrected chi connectivity index (χ2v) is 8.96. The summed E-state index contributed by atoms with van der Waals surface area (Å²) in [5, 5.41) is 4.09. The molecule has 0 radical (unpaired) electrons. The van der Waals surface area contributed by atoms with Gasteiger partial charge in [-0.15, -0.1) is 0 Å². The summed E-state index contributed by atoms with van der Waals surface area (Å²) in [6.45, 7) is 3.57. The monoisotopic (exact) mass is 362 g/mol. The quantitative estimate of drug-likeness (QED) is 0.805. The number of hydrogen-bond donors (Lipinski definition) is 0. The summed E-state index contributed by atoms with van der Waals surface area (Å²) in [6.07, 6.45) is 2.98. The SMILES string of the molecule is Cc1cccc(CO[C@@H]2CN(S(=O)(=O)C3CC3)Cc3ccnn3C2)n1. The van der Waals surface area contributed by atoms with E-state index in [0.29, 0.717) is 26.2 Å². The minimum Gasteiger partial charge on any atom is -0.369 e. The summed E-state index contributed by atoms with van der Waals surface area (Å²) in [4.78, 5) is 4.44. The fourth-order valence-electron chi connectivity index (χ4n) is 3.14. The van der Waals surface area contributed by atoms with Crippen LogP contribution >= 0.6 is 0 Å². The molecule has 0 unspecified atom stereocenters. The highest BCUT2D eigenvalue weighted by atomic mass is 32.2. The summed E-state index contributed by atoms with van der Waals surface area (Å²) >= 11 is 0. The van der Waals surface area contributed by atoms with E-state index in [1.165, 1.54) is 0 Å². The van der Waals surface area contributed by atoms with Crippen LogP contribution in [0.1, 0.15) is 29.9 Å². The van der Waals surface area contributed by atoms with Crippen molar-refractivity contribution in [3.63, 3.8) is 0 Å². The van der Waals surface area contributed by atoms with Crippen LogP contribution in [0.25, 0.3) is 0 Å². The first-order valence-corrected chi connectivity index (χ1v) is 10.1. The molecule has 3 heterocycles. The van der Waals surface area contributed by atoms with Crippen LogP contribution in [-0.2, 0) is 34.5 Å². The third-order valence-corrected chi connectivity index (χ3v) is 6.96. The zero-order valence-electron chi connectivity index (χ0n) is 14.2. The molecule has 2 aromatic rings. The molecule has 1 aliphatic heterocycles. The van der Waals surface area contributed by atoms with Crippen LogP contribution in [-0.4, -0.2) is 45.4 Å². The van der Waals surface area contributed by atoms with Crippen LogP contribution in [0.2, 0.25) is 0 Å². The maximum atomic E-state index is 12.7. The molecule has 0 N–H and O–H groups in total. The highest BCUT2D eigenvalue weighted by Gasteiger charge is 2.42. The summed E-state index contributed by atoms with van der Waals surface area (Å²) < 4.78 is 34.9. The van der Waals surface area contributed by atoms with E-state index < -0.39 is 10.0 Å². The molecule has 134 valence electrons. The van der Waals surface area contributed by atoms with Crippen molar-refractivity contribution in [3.8, 4) is 0 Å². The van der Waals surface area contributed by atoms with Crippen molar-refractivity contribution < 1.29 is 13.2 Å². The first-order chi connectivity index (χ1) is 12.0. The number of aromatic nitrogens is 3. The van der Waals surface area contributed by atoms with Crippen molar-refractivity contribution in [2.24, 2.45) is 0 Å². The molecular weight excluding hydrogens is 340 g/mol. The molecule has 8 heteroatoms. The van der Waals surface area contributed by atoms with Gasteiger partial charge in [0.05, 0.1) is 42.4 Å². The second-order valence-electron chi connectivity index (χ2n) is 6.74. The average molecular weight is 362 g/mol. The highest BCUT2D eigenvalue weighted by Crippen LogP contribution is 2.32. The zero-order chi connectivity index (χ0) is 17.4. The smallest absolute Gasteiger partial charge is 0.217 e. The van der Waals surface area contributed by atoms with Crippen LogP contribution in [0.15, 0.2) is 30.5 Å². The van der Waals surface area contributed by atoms with E-state index in [1.54, 1.807) is 10.5 Å². The molecule has 0 aromatic carbocycles. The molecule has 7 nitrogen and oxygen atoms in total. The molecule has 1 aliphatic carbocycles. The Balaban J connectivity index is 1.52. The predicted molar refractivity (Wildman–Crippen MR) is 92.1 cm³/mol. The van der Waals surface area contributed by atoms with E-state index in [2.05, 4.69) is 10.1 Å². The van der Waals surface area contributed by atoms with Gasteiger partial charge in [-0.3, -0.25) is 9.67 Å². The first-order valence-electron chi connectivity index (χ1n) is 8.56. The summed E-state index contributed by atoms with van der Waals surface area (Å²) in [6, 6.07) is 7.68. The van der Waals surface area contributed by atoms with Gasteiger partial charge in [0.2, 0.25) is 10.0 Å². The van der Waals surface area contributed by atoms with E-state index in [9.17, 15) is 8.42 Å². The Bertz CT molecular complexity index is 860. The Hall–Kier alpha value is -1.77. The van der Waals surface area contributed by atoms with E-state index in [0.717, 1.165) is 29.9 Å². The van der Waals surface area contributed by atoms with Crippen LogP contribution in [0, 0.1) is 6.92 Å². The van der Waals surface area contributed by atoms with E-state index in [-0.39, 0.29) is 11.4 Å². The van der Waals surface area contributed by atoms with Crippen LogP contribution in [0.5, 0.6) is 0 Å². The van der Waals surface area contributed by atoms with Gasteiger partial charge < -0.3 is 4.74 Å². The van der Waals surface area contributed by atoms with Gasteiger partial charge in [-0.25, -0.2) is 8.42 Å². The summed E-state index contributed by atoms with van der Waals surface area (Å²) in [5.74, 6) is 0. The third-order valence-electron chi connectivity index (χ3n) is 4.65. The minimum atomic E-state index is -3.26. The fraction of sp³-hybridized carbons (Fsp3) is 0.529. The molecule has 2 aliphatic rings. The van der Waals surface area contributed by atoms with Crippen LogP contribution in [0.4, 0.5) is 0 Å². The number of fused-ring (bicyclic) bond motifs is 1. The fourth-order valence-corrected chi connectivity index (χ4v) is 4.98. The van der Waals surface area contributed by atoms with Gasteiger partial charge in [0.15, 0.2) is 0 Å². The molecule has 0 spiro atoms. The number of nitrogens with zero attached hydrogens (tertiary/aromatic N) is 4. The third kappa shape index (κ3) is 3.61. The molecule has 1 saturated carbocycles. The van der Waals surface area contributed by atoms with Crippen molar-refractivity contribution in [1.29, 1.82) is 0 Å². The predicted octanol–water partition coefficient (Wildman–Crippen LogP) is 1.48. The van der Waals surface area contributed by atoms with Crippen LogP contribution in [0.3, 0.4) is 0 Å². The highest BCUT2D eigenvalue weighted by molar-refractivity contribution is 7.90. The lowest BCUT2D eigenvalue weighted by Crippen LogP contribution is -2.39. The maximum absolute atomic E-state index is 12.7. The van der Waals surface area contributed by atoms with Crippen molar-refractivity contribution in [2.75, 3.05) is 6.54 Å². The van der Waals surface area contributed by atoms with E-state index >= 15 is 0 Å². The molecule has 25 heavy (non-hydrogen) atoms. The number of hydrogen-bond acceptors (Lipinski definition) is 5. The molecule has 1 atom stereocenters. The van der Waals surface area contributed by atoms with Crippen molar-refractivity contribution in [3.05, 3.63) is 47.5 Å². The number of ether oxygens (including phenoxy) is 1. The van der Waals surface area contributed by atoms with E-state index in [4.69, 9.17) is 4.74 Å². The molecule has 0 amide bonds. The lowest BCUT2D eigenvalue weighted by molar-refractivity contribution is 0.0188. The molecule has 0 bridgehead atoms. The van der Waals surface area contributed by atoms with Crippen LogP contribution < -0.4 is 0 Å². The van der Waals surface area contributed by atoms with Crippen molar-refractivity contribution in [2.45, 2.75) is 50.8 Å². The Morgan fingerprint density at radius 3 is 2.84 bits per heavy atom. The van der Waals surface area contributed by atoms with Gasteiger partial charge in [-0.2, -0.15) is 9.40 Å². The Morgan fingerprint density at radius 2 is 2.08 bits per heavy atom. The summed E-state index contributed by atoms with van der Waals surface area (Å²) in [5.41, 5.74) is 2.69. The largest absolute Gasteiger partial charge is 0.369 e. The standard InChI is InChI=1S/C17H22N4O3S/c1-13-3-2-4-14(19-13)12-24-16-10-20(25(22,23)17-5-6-17)9-15-7-8-18-21(15)11-16/h2-4,7-8,16-17H,5-6,9-12H2,1H3/t16-/m1/s1. The minimum absolute atomic E-state index is 0.221. The van der Waals surface area contributed by atoms with Gasteiger partial charge in [0, 0.05) is 18.4 Å².